The second-order valence-corrected chi connectivity index (χ2v) is 6.16. The van der Waals surface area contributed by atoms with Crippen molar-refractivity contribution in [2.24, 2.45) is 0 Å². The Labute approximate surface area is 148 Å². The zero-order chi connectivity index (χ0) is 18.5. The number of carboxylic acids is 2. The molecule has 0 bridgehead atoms. The maximum absolute atomic E-state index is 10.3. The molecule has 0 aliphatic heterocycles. The lowest BCUT2D eigenvalue weighted by Gasteiger charge is -1.98. The molecule has 0 unspecified atom stereocenters. The fourth-order valence-electron chi connectivity index (χ4n) is 2.21. The van der Waals surface area contributed by atoms with E-state index in [2.05, 4.69) is 19.1 Å². The van der Waals surface area contributed by atoms with Crippen LogP contribution >= 0.6 is 0 Å². The second-order valence-electron chi connectivity index (χ2n) is 6.16. The van der Waals surface area contributed by atoms with Crippen molar-refractivity contribution >= 4 is 11.9 Å². The lowest BCUT2D eigenvalue weighted by Crippen LogP contribution is -1.93. The van der Waals surface area contributed by atoms with Gasteiger partial charge in [0.25, 0.3) is 0 Å². The van der Waals surface area contributed by atoms with Crippen LogP contribution in [0.15, 0.2) is 12.2 Å². The summed E-state index contributed by atoms with van der Waals surface area (Å²) in [6.45, 7) is 4.08. The number of hydrogen-bond donors (Lipinski definition) is 2. The molecular weight excluding hydrogens is 304 g/mol. The Morgan fingerprint density at radius 2 is 1.08 bits per heavy atom. The molecule has 0 rings (SSSR count). The van der Waals surface area contributed by atoms with Crippen molar-refractivity contribution in [1.82, 2.24) is 0 Å². The van der Waals surface area contributed by atoms with E-state index in [1.54, 1.807) is 0 Å². The maximum atomic E-state index is 10.3. The van der Waals surface area contributed by atoms with Crippen molar-refractivity contribution in [1.29, 1.82) is 0 Å². The molecule has 0 aliphatic rings. The molecular formula is C20H38O4. The average molecular weight is 343 g/mol. The Bertz CT molecular complexity index is 311. The lowest BCUT2D eigenvalue weighted by atomic mass is 10.1. The minimum absolute atomic E-state index is 0.292. The fraction of sp³-hybridized carbons (Fsp3) is 0.800. The monoisotopic (exact) mass is 342 g/mol. The molecule has 0 aromatic heterocycles. The lowest BCUT2D eigenvalue weighted by molar-refractivity contribution is -0.138. The van der Waals surface area contributed by atoms with Gasteiger partial charge in [0.05, 0.1) is 0 Å². The van der Waals surface area contributed by atoms with E-state index in [9.17, 15) is 9.59 Å². The molecule has 0 aromatic carbocycles. The molecule has 0 aromatic rings. The van der Waals surface area contributed by atoms with E-state index >= 15 is 0 Å². The van der Waals surface area contributed by atoms with Gasteiger partial charge in [0, 0.05) is 12.8 Å². The van der Waals surface area contributed by atoms with Crippen LogP contribution in [0, 0.1) is 0 Å². The van der Waals surface area contributed by atoms with E-state index in [0.717, 1.165) is 19.3 Å². The standard InChI is InChI=1S/C16H30O2.C4H8O2/c1-2-3-4-5-6-7-8-9-10-11-12-13-14-15-16(17)18;1-2-3-4(5)6/h7-8H,2-6,9-15H2,1H3,(H,17,18);2-3H2,1H3,(H,5,6)/b8-7-;. The molecule has 0 fully saturated rings. The summed E-state index contributed by atoms with van der Waals surface area (Å²) in [6.07, 6.45) is 19.3. The number of unbranched alkanes of at least 4 members (excludes halogenated alkanes) is 9. The summed E-state index contributed by atoms with van der Waals surface area (Å²) in [6, 6.07) is 0. The van der Waals surface area contributed by atoms with Crippen LogP contribution in [0.1, 0.15) is 104 Å². The molecule has 0 saturated heterocycles. The maximum Gasteiger partial charge on any atom is 0.303 e. The number of carbonyl (C=O) groups is 2. The number of carboxylic acid groups (broad SMARTS) is 2. The van der Waals surface area contributed by atoms with Gasteiger partial charge in [0.1, 0.15) is 0 Å². The summed E-state index contributed by atoms with van der Waals surface area (Å²) in [7, 11) is 0. The zero-order valence-corrected chi connectivity index (χ0v) is 15.8. The molecule has 0 heterocycles. The minimum Gasteiger partial charge on any atom is -0.481 e. The third-order valence-corrected chi connectivity index (χ3v) is 3.62. The first-order valence-electron chi connectivity index (χ1n) is 9.63. The van der Waals surface area contributed by atoms with Gasteiger partial charge < -0.3 is 10.2 Å². The van der Waals surface area contributed by atoms with Crippen LogP contribution in [0.2, 0.25) is 0 Å². The van der Waals surface area contributed by atoms with Gasteiger partial charge in [-0.3, -0.25) is 9.59 Å². The molecule has 4 nitrogen and oxygen atoms in total. The van der Waals surface area contributed by atoms with Crippen LogP contribution in [-0.4, -0.2) is 22.2 Å². The Morgan fingerprint density at radius 1 is 0.625 bits per heavy atom. The molecule has 24 heavy (non-hydrogen) atoms. The summed E-state index contributed by atoms with van der Waals surface area (Å²) in [5, 5.41) is 16.4. The fourth-order valence-corrected chi connectivity index (χ4v) is 2.21. The van der Waals surface area contributed by atoms with Gasteiger partial charge in [-0.05, 0) is 38.5 Å². The van der Waals surface area contributed by atoms with Crippen LogP contribution < -0.4 is 0 Å². The van der Waals surface area contributed by atoms with Crippen LogP contribution in [0.4, 0.5) is 0 Å². The van der Waals surface area contributed by atoms with Crippen LogP contribution in [0.3, 0.4) is 0 Å². The van der Waals surface area contributed by atoms with E-state index in [0.29, 0.717) is 12.8 Å². The number of allylic oxidation sites excluding steroid dienone is 2. The molecule has 0 saturated carbocycles. The highest BCUT2D eigenvalue weighted by Crippen LogP contribution is 2.08. The number of rotatable bonds is 15. The summed E-state index contributed by atoms with van der Waals surface area (Å²) < 4.78 is 0. The van der Waals surface area contributed by atoms with Crippen molar-refractivity contribution in [3.05, 3.63) is 12.2 Å². The summed E-state index contributed by atoms with van der Waals surface area (Å²) in [4.78, 5) is 19.9. The molecule has 0 atom stereocenters. The summed E-state index contributed by atoms with van der Waals surface area (Å²) in [5.41, 5.74) is 0. The van der Waals surface area contributed by atoms with Gasteiger partial charge in [-0.25, -0.2) is 0 Å². The van der Waals surface area contributed by atoms with E-state index < -0.39 is 11.9 Å². The van der Waals surface area contributed by atoms with Crippen LogP contribution in [-0.2, 0) is 9.59 Å². The van der Waals surface area contributed by atoms with Gasteiger partial charge in [0.2, 0.25) is 0 Å². The SMILES string of the molecule is CCCC(=O)O.CCCCCC/C=C\CCCCCCCC(=O)O. The second kappa shape index (κ2) is 21.7. The first kappa shape index (κ1) is 24.9. The third kappa shape index (κ3) is 28.8. The molecule has 142 valence electrons. The van der Waals surface area contributed by atoms with Gasteiger partial charge in [-0.15, -0.1) is 0 Å². The molecule has 4 heteroatoms. The first-order chi connectivity index (χ1) is 11.5. The molecule has 0 radical (unpaired) electrons. The average Bonchev–Trinajstić information content (AvgIpc) is 2.52. The van der Waals surface area contributed by atoms with Gasteiger partial charge in [-0.2, -0.15) is 0 Å². The quantitative estimate of drug-likeness (QED) is 0.274. The highest BCUT2D eigenvalue weighted by atomic mass is 16.4. The smallest absolute Gasteiger partial charge is 0.303 e. The number of aliphatic carboxylic acids is 2. The molecule has 0 amide bonds. The van der Waals surface area contributed by atoms with E-state index in [-0.39, 0.29) is 0 Å². The van der Waals surface area contributed by atoms with Crippen molar-refractivity contribution < 1.29 is 19.8 Å². The van der Waals surface area contributed by atoms with Crippen molar-refractivity contribution in [2.45, 2.75) is 104 Å². The number of hydrogen-bond acceptors (Lipinski definition) is 2. The van der Waals surface area contributed by atoms with E-state index in [1.165, 1.54) is 57.8 Å². The Hall–Kier alpha value is -1.32. The topological polar surface area (TPSA) is 74.6 Å². The van der Waals surface area contributed by atoms with E-state index in [4.69, 9.17) is 10.2 Å². The van der Waals surface area contributed by atoms with Gasteiger partial charge >= 0.3 is 11.9 Å². The molecule has 2 N–H and O–H groups in total. The first-order valence-corrected chi connectivity index (χ1v) is 9.63. The van der Waals surface area contributed by atoms with Crippen molar-refractivity contribution in [3.63, 3.8) is 0 Å². The van der Waals surface area contributed by atoms with Crippen LogP contribution in [0.25, 0.3) is 0 Å². The minimum atomic E-state index is -0.711. The third-order valence-electron chi connectivity index (χ3n) is 3.62. The van der Waals surface area contributed by atoms with Crippen molar-refractivity contribution in [2.75, 3.05) is 0 Å². The van der Waals surface area contributed by atoms with E-state index in [1.807, 2.05) is 6.92 Å². The van der Waals surface area contributed by atoms with Gasteiger partial charge in [0.15, 0.2) is 0 Å². The van der Waals surface area contributed by atoms with Crippen LogP contribution in [0.5, 0.6) is 0 Å². The normalized spacial score (nSPS) is 10.4. The summed E-state index contributed by atoms with van der Waals surface area (Å²) >= 11 is 0. The largest absolute Gasteiger partial charge is 0.481 e. The predicted octanol–water partition coefficient (Wildman–Crippen LogP) is 6.20. The zero-order valence-electron chi connectivity index (χ0n) is 15.8. The Balaban J connectivity index is 0. The highest BCUT2D eigenvalue weighted by Gasteiger charge is 1.95. The Morgan fingerprint density at radius 3 is 1.50 bits per heavy atom. The molecule has 0 aliphatic carbocycles. The Kier molecular flexibility index (Phi) is 22.5. The van der Waals surface area contributed by atoms with Gasteiger partial charge in [-0.1, -0.05) is 64.5 Å². The molecule has 0 spiro atoms. The summed E-state index contributed by atoms with van der Waals surface area (Å²) in [5.74, 6) is -1.38. The highest BCUT2D eigenvalue weighted by molar-refractivity contribution is 5.66. The van der Waals surface area contributed by atoms with Crippen molar-refractivity contribution in [3.8, 4) is 0 Å². The predicted molar refractivity (Wildman–Crippen MR) is 100 cm³/mol.